The Kier molecular flexibility index (Phi) is 3.87. The van der Waals surface area contributed by atoms with E-state index in [1.165, 1.54) is 50.9 Å². The van der Waals surface area contributed by atoms with Crippen LogP contribution in [0.15, 0.2) is 18.5 Å². The van der Waals surface area contributed by atoms with E-state index >= 15 is 0 Å². The summed E-state index contributed by atoms with van der Waals surface area (Å²) in [5.41, 5.74) is 7.75. The van der Waals surface area contributed by atoms with Crippen LogP contribution in [0.1, 0.15) is 32.1 Å². The summed E-state index contributed by atoms with van der Waals surface area (Å²) in [6.07, 6.45) is 10.4. The maximum absolute atomic E-state index is 5.81. The highest BCUT2D eigenvalue weighted by Crippen LogP contribution is 2.25. The Morgan fingerprint density at radius 2 is 1.74 bits per heavy atom. The lowest BCUT2D eigenvalue weighted by Gasteiger charge is -2.40. The number of rotatable bonds is 2. The lowest BCUT2D eigenvalue weighted by atomic mass is 9.99. The van der Waals surface area contributed by atoms with E-state index in [-0.39, 0.29) is 0 Å². The third-order valence-corrected chi connectivity index (χ3v) is 4.48. The number of hydrogen-bond acceptors (Lipinski definition) is 4. The molecule has 0 saturated carbocycles. The molecule has 4 heteroatoms. The number of nitrogen functional groups attached to an aromatic ring is 1. The van der Waals surface area contributed by atoms with Crippen LogP contribution in [0.4, 0.5) is 11.4 Å². The molecule has 0 unspecified atom stereocenters. The van der Waals surface area contributed by atoms with Crippen molar-refractivity contribution < 1.29 is 0 Å². The van der Waals surface area contributed by atoms with Crippen molar-refractivity contribution in [2.45, 2.75) is 38.1 Å². The second kappa shape index (κ2) is 5.78. The van der Waals surface area contributed by atoms with Gasteiger partial charge >= 0.3 is 0 Å². The van der Waals surface area contributed by atoms with Crippen molar-refractivity contribution in [3.8, 4) is 0 Å². The summed E-state index contributed by atoms with van der Waals surface area (Å²) in [6.45, 7) is 4.88. The summed E-state index contributed by atoms with van der Waals surface area (Å²) in [5, 5.41) is 0. The Morgan fingerprint density at radius 3 is 2.42 bits per heavy atom. The van der Waals surface area contributed by atoms with E-state index < -0.39 is 0 Å². The molecule has 2 saturated heterocycles. The Morgan fingerprint density at radius 1 is 1.00 bits per heavy atom. The van der Waals surface area contributed by atoms with Gasteiger partial charge in [-0.25, -0.2) is 0 Å². The van der Waals surface area contributed by atoms with Crippen molar-refractivity contribution >= 4 is 11.4 Å². The minimum absolute atomic E-state index is 0.760. The van der Waals surface area contributed by atoms with Crippen molar-refractivity contribution in [3.05, 3.63) is 18.5 Å². The molecular formula is C15H24N4. The van der Waals surface area contributed by atoms with Crippen LogP contribution in [0.3, 0.4) is 0 Å². The number of likely N-dealkylation sites (tertiary alicyclic amines) is 1. The Labute approximate surface area is 115 Å². The molecule has 0 aliphatic carbocycles. The fraction of sp³-hybridized carbons (Fsp3) is 0.667. The van der Waals surface area contributed by atoms with Gasteiger partial charge in [0.15, 0.2) is 0 Å². The number of pyridine rings is 1. The van der Waals surface area contributed by atoms with Crippen molar-refractivity contribution in [1.82, 2.24) is 9.88 Å². The molecule has 0 radical (unpaired) electrons. The zero-order valence-corrected chi connectivity index (χ0v) is 11.6. The van der Waals surface area contributed by atoms with Gasteiger partial charge in [-0.05, 0) is 44.8 Å². The molecule has 2 N–H and O–H groups in total. The molecule has 104 valence electrons. The van der Waals surface area contributed by atoms with Crippen LogP contribution in [0.5, 0.6) is 0 Å². The standard InChI is InChI=1S/C15H24N4/c16-13-10-15(12-17-11-13)19-8-4-14(5-9-19)18-6-2-1-3-7-18/h10-12,14H,1-9,16H2. The summed E-state index contributed by atoms with van der Waals surface area (Å²) >= 11 is 0. The van der Waals surface area contributed by atoms with Crippen LogP contribution in [-0.4, -0.2) is 42.1 Å². The highest BCUT2D eigenvalue weighted by Gasteiger charge is 2.25. The van der Waals surface area contributed by atoms with Gasteiger partial charge in [-0.2, -0.15) is 0 Å². The summed E-state index contributed by atoms with van der Waals surface area (Å²) in [7, 11) is 0. The minimum Gasteiger partial charge on any atom is -0.397 e. The lowest BCUT2D eigenvalue weighted by Crippen LogP contribution is -2.46. The molecule has 1 aromatic heterocycles. The molecule has 0 amide bonds. The molecule has 2 fully saturated rings. The number of hydrogen-bond donors (Lipinski definition) is 1. The van der Waals surface area contributed by atoms with Gasteiger partial charge in [-0.1, -0.05) is 6.42 Å². The Hall–Kier alpha value is -1.29. The molecule has 3 rings (SSSR count). The molecule has 19 heavy (non-hydrogen) atoms. The zero-order chi connectivity index (χ0) is 13.1. The van der Waals surface area contributed by atoms with Gasteiger partial charge in [-0.15, -0.1) is 0 Å². The van der Waals surface area contributed by atoms with Crippen LogP contribution >= 0.6 is 0 Å². The molecule has 4 nitrogen and oxygen atoms in total. The van der Waals surface area contributed by atoms with Crippen LogP contribution in [0, 0.1) is 0 Å². The zero-order valence-electron chi connectivity index (χ0n) is 11.6. The molecule has 3 heterocycles. The van der Waals surface area contributed by atoms with Gasteiger partial charge in [-0.3, -0.25) is 4.98 Å². The molecule has 0 bridgehead atoms. The summed E-state index contributed by atoms with van der Waals surface area (Å²) in [4.78, 5) is 9.32. The second-order valence-corrected chi connectivity index (χ2v) is 5.79. The molecule has 0 aromatic carbocycles. The molecule has 0 spiro atoms. The minimum atomic E-state index is 0.760. The summed E-state index contributed by atoms with van der Waals surface area (Å²) in [5.74, 6) is 0. The topological polar surface area (TPSA) is 45.4 Å². The van der Waals surface area contributed by atoms with E-state index in [4.69, 9.17) is 5.73 Å². The molecule has 0 atom stereocenters. The molecule has 1 aromatic rings. The SMILES string of the molecule is Nc1cncc(N2CCC(N3CCCCC3)CC2)c1. The second-order valence-electron chi connectivity index (χ2n) is 5.79. The maximum atomic E-state index is 5.81. The Balaban J connectivity index is 1.57. The van der Waals surface area contributed by atoms with Crippen LogP contribution < -0.4 is 10.6 Å². The first kappa shape index (κ1) is 12.7. The lowest BCUT2D eigenvalue weighted by molar-refractivity contribution is 0.141. The van der Waals surface area contributed by atoms with Gasteiger partial charge in [0.1, 0.15) is 0 Å². The Bertz CT molecular complexity index is 406. The number of nitrogens with two attached hydrogens (primary N) is 1. The summed E-state index contributed by atoms with van der Waals surface area (Å²) < 4.78 is 0. The molecular weight excluding hydrogens is 236 g/mol. The largest absolute Gasteiger partial charge is 0.397 e. The first-order valence-electron chi connectivity index (χ1n) is 7.52. The normalized spacial score (nSPS) is 22.6. The number of piperidine rings is 2. The van der Waals surface area contributed by atoms with Crippen molar-refractivity contribution in [2.75, 3.05) is 36.8 Å². The molecule has 2 aliphatic heterocycles. The van der Waals surface area contributed by atoms with E-state index in [1.54, 1.807) is 6.20 Å². The van der Waals surface area contributed by atoms with E-state index in [0.717, 1.165) is 24.8 Å². The van der Waals surface area contributed by atoms with Gasteiger partial charge in [0.2, 0.25) is 0 Å². The van der Waals surface area contributed by atoms with Crippen LogP contribution in [0.2, 0.25) is 0 Å². The smallest absolute Gasteiger partial charge is 0.0573 e. The highest BCUT2D eigenvalue weighted by atomic mass is 15.2. The first-order valence-corrected chi connectivity index (χ1v) is 7.52. The van der Waals surface area contributed by atoms with Crippen molar-refractivity contribution in [3.63, 3.8) is 0 Å². The van der Waals surface area contributed by atoms with E-state index in [9.17, 15) is 0 Å². The monoisotopic (exact) mass is 260 g/mol. The van der Waals surface area contributed by atoms with E-state index in [2.05, 4.69) is 14.8 Å². The van der Waals surface area contributed by atoms with Crippen LogP contribution in [0.25, 0.3) is 0 Å². The third kappa shape index (κ3) is 3.00. The van der Waals surface area contributed by atoms with E-state index in [0.29, 0.717) is 0 Å². The first-order chi connectivity index (χ1) is 9.33. The predicted octanol–water partition coefficient (Wildman–Crippen LogP) is 2.12. The predicted molar refractivity (Wildman–Crippen MR) is 79.3 cm³/mol. The number of nitrogens with zero attached hydrogens (tertiary/aromatic N) is 3. The quantitative estimate of drug-likeness (QED) is 0.884. The van der Waals surface area contributed by atoms with Crippen molar-refractivity contribution in [2.24, 2.45) is 0 Å². The third-order valence-electron chi connectivity index (χ3n) is 4.48. The molecule has 2 aliphatic rings. The highest BCUT2D eigenvalue weighted by molar-refractivity contribution is 5.53. The fourth-order valence-corrected chi connectivity index (χ4v) is 3.39. The maximum Gasteiger partial charge on any atom is 0.0573 e. The number of aromatic nitrogens is 1. The van der Waals surface area contributed by atoms with Gasteiger partial charge < -0.3 is 15.5 Å². The van der Waals surface area contributed by atoms with Crippen molar-refractivity contribution in [1.29, 1.82) is 0 Å². The van der Waals surface area contributed by atoms with Gasteiger partial charge in [0.05, 0.1) is 17.6 Å². The summed E-state index contributed by atoms with van der Waals surface area (Å²) in [6, 6.07) is 2.83. The van der Waals surface area contributed by atoms with Gasteiger partial charge in [0, 0.05) is 25.3 Å². The van der Waals surface area contributed by atoms with Crippen LogP contribution in [-0.2, 0) is 0 Å². The van der Waals surface area contributed by atoms with Gasteiger partial charge in [0.25, 0.3) is 0 Å². The fourth-order valence-electron chi connectivity index (χ4n) is 3.39. The average molecular weight is 260 g/mol. The van der Waals surface area contributed by atoms with E-state index in [1.807, 2.05) is 12.3 Å². The number of anilines is 2. The average Bonchev–Trinajstić information content (AvgIpc) is 2.48.